The van der Waals surface area contributed by atoms with E-state index < -0.39 is 40.9 Å². The fourth-order valence-electron chi connectivity index (χ4n) is 4.40. The van der Waals surface area contributed by atoms with E-state index in [0.29, 0.717) is 19.3 Å². The summed E-state index contributed by atoms with van der Waals surface area (Å²) in [5.41, 5.74) is -1.67. The van der Waals surface area contributed by atoms with Crippen LogP contribution >= 0.6 is 0 Å². The molecule has 0 aromatic rings. The van der Waals surface area contributed by atoms with Crippen LogP contribution in [0.2, 0.25) is 0 Å². The number of esters is 4. The molecule has 0 amide bonds. The summed E-state index contributed by atoms with van der Waals surface area (Å²) in [6, 6.07) is 2.10. The zero-order valence-electron chi connectivity index (χ0n) is 17.5. The maximum atomic E-state index is 12.1. The third-order valence-corrected chi connectivity index (χ3v) is 6.58. The second-order valence-corrected chi connectivity index (χ2v) is 8.81. The average Bonchev–Trinajstić information content (AvgIpc) is 3.31. The highest BCUT2D eigenvalue weighted by atomic mass is 16.6. The molecule has 0 spiro atoms. The minimum Gasteiger partial charge on any atom is -0.462 e. The van der Waals surface area contributed by atoms with Crippen molar-refractivity contribution in [3.8, 4) is 6.07 Å². The molecule has 9 nitrogen and oxygen atoms in total. The van der Waals surface area contributed by atoms with Crippen molar-refractivity contribution in [3.63, 3.8) is 0 Å². The average molecular weight is 421 g/mol. The van der Waals surface area contributed by atoms with Gasteiger partial charge in [-0.25, -0.2) is 0 Å². The summed E-state index contributed by atoms with van der Waals surface area (Å²) in [6.07, 6.45) is 0.129. The second-order valence-electron chi connectivity index (χ2n) is 8.81. The van der Waals surface area contributed by atoms with E-state index >= 15 is 0 Å². The van der Waals surface area contributed by atoms with Crippen LogP contribution in [-0.2, 0) is 38.1 Å². The van der Waals surface area contributed by atoms with Crippen molar-refractivity contribution < 1.29 is 38.1 Å². The molecule has 1 aliphatic heterocycles. The molecule has 0 radical (unpaired) electrons. The highest BCUT2D eigenvalue weighted by Crippen LogP contribution is 2.62. The molecule has 30 heavy (non-hydrogen) atoms. The lowest BCUT2D eigenvalue weighted by molar-refractivity contribution is -0.164. The standard InChI is InChI=1S/C21H27NO8/c1-4-20(2,3)18(25)28-8-7-27-14(23)5-6-15(24)29-16-12-9-13-17(16)30-19(26)21(13,10-12)11-22/h12-13,16-17H,4-10H2,1-3H3. The van der Waals surface area contributed by atoms with E-state index in [1.807, 2.05) is 6.92 Å². The summed E-state index contributed by atoms with van der Waals surface area (Å²) >= 11 is 0. The van der Waals surface area contributed by atoms with Crippen LogP contribution in [0.1, 0.15) is 52.9 Å². The molecule has 2 bridgehead atoms. The zero-order valence-corrected chi connectivity index (χ0v) is 17.5. The molecule has 0 aromatic heterocycles. The van der Waals surface area contributed by atoms with E-state index in [1.54, 1.807) is 13.8 Å². The summed E-state index contributed by atoms with van der Waals surface area (Å²) in [6.45, 7) is 5.30. The Hall–Kier alpha value is -2.63. The molecule has 2 aliphatic carbocycles. The zero-order chi connectivity index (χ0) is 22.1. The van der Waals surface area contributed by atoms with Crippen LogP contribution in [0, 0.1) is 34.0 Å². The highest BCUT2D eigenvalue weighted by Gasteiger charge is 2.72. The molecule has 3 fully saturated rings. The van der Waals surface area contributed by atoms with Gasteiger partial charge < -0.3 is 18.9 Å². The number of hydrogen-bond acceptors (Lipinski definition) is 9. The first kappa shape index (κ1) is 22.1. The molecule has 1 heterocycles. The Bertz CT molecular complexity index is 784. The Balaban J connectivity index is 1.35. The smallest absolute Gasteiger partial charge is 0.327 e. The van der Waals surface area contributed by atoms with E-state index in [0.717, 1.165) is 0 Å². The van der Waals surface area contributed by atoms with Crippen molar-refractivity contribution in [1.82, 2.24) is 0 Å². The lowest BCUT2D eigenvalue weighted by Crippen LogP contribution is -2.39. The Kier molecular flexibility index (Phi) is 6.06. The topological polar surface area (TPSA) is 129 Å². The molecule has 164 valence electrons. The molecule has 5 unspecified atom stereocenters. The second kappa shape index (κ2) is 8.25. The monoisotopic (exact) mass is 421 g/mol. The van der Waals surface area contributed by atoms with Crippen LogP contribution in [0.4, 0.5) is 0 Å². The lowest BCUT2D eigenvalue weighted by atomic mass is 9.75. The predicted octanol–water partition coefficient (Wildman–Crippen LogP) is 1.68. The summed E-state index contributed by atoms with van der Waals surface area (Å²) in [5, 5.41) is 9.38. The number of nitriles is 1. The predicted molar refractivity (Wildman–Crippen MR) is 99.2 cm³/mol. The first-order valence-corrected chi connectivity index (χ1v) is 10.3. The Labute approximate surface area is 175 Å². The van der Waals surface area contributed by atoms with E-state index in [1.165, 1.54) is 0 Å². The van der Waals surface area contributed by atoms with Crippen molar-refractivity contribution in [2.24, 2.45) is 22.7 Å². The van der Waals surface area contributed by atoms with Crippen LogP contribution in [-0.4, -0.2) is 49.3 Å². The van der Waals surface area contributed by atoms with Crippen LogP contribution in [0.25, 0.3) is 0 Å². The van der Waals surface area contributed by atoms with Gasteiger partial charge in [0.05, 0.1) is 24.3 Å². The number of ether oxygens (including phenoxy) is 4. The van der Waals surface area contributed by atoms with Crippen molar-refractivity contribution in [2.75, 3.05) is 13.2 Å². The van der Waals surface area contributed by atoms with E-state index in [4.69, 9.17) is 18.9 Å². The fourth-order valence-corrected chi connectivity index (χ4v) is 4.40. The van der Waals surface area contributed by atoms with Crippen molar-refractivity contribution >= 4 is 23.9 Å². The normalized spacial score (nSPS) is 31.1. The van der Waals surface area contributed by atoms with Gasteiger partial charge in [0.25, 0.3) is 0 Å². The van der Waals surface area contributed by atoms with Gasteiger partial charge in [-0.3, -0.25) is 19.2 Å². The van der Waals surface area contributed by atoms with Gasteiger partial charge in [0.1, 0.15) is 25.4 Å². The van der Waals surface area contributed by atoms with Crippen molar-refractivity contribution in [2.45, 2.75) is 65.1 Å². The fraction of sp³-hybridized carbons (Fsp3) is 0.762. The Morgan fingerprint density at radius 1 is 1.20 bits per heavy atom. The number of rotatable bonds is 9. The van der Waals surface area contributed by atoms with E-state index in [-0.39, 0.29) is 43.9 Å². The molecular weight excluding hydrogens is 394 g/mol. The number of nitrogens with zero attached hydrogens (tertiary/aromatic N) is 1. The maximum absolute atomic E-state index is 12.1. The molecule has 5 atom stereocenters. The molecule has 9 heteroatoms. The quantitative estimate of drug-likeness (QED) is 0.310. The van der Waals surface area contributed by atoms with E-state index in [2.05, 4.69) is 6.07 Å². The lowest BCUT2D eigenvalue weighted by Gasteiger charge is -2.27. The van der Waals surface area contributed by atoms with Crippen LogP contribution in [0.3, 0.4) is 0 Å². The summed E-state index contributed by atoms with van der Waals surface area (Å²) in [4.78, 5) is 47.8. The van der Waals surface area contributed by atoms with Crippen LogP contribution < -0.4 is 0 Å². The summed E-state index contributed by atoms with van der Waals surface area (Å²) in [7, 11) is 0. The number of carbonyl (C=O) groups is 4. The number of carbonyl (C=O) groups excluding carboxylic acids is 4. The third-order valence-electron chi connectivity index (χ3n) is 6.58. The summed E-state index contributed by atoms with van der Waals surface area (Å²) in [5.74, 6) is -2.36. The SMILES string of the molecule is CCC(C)(C)C(=O)OCCOC(=O)CCC(=O)OC1C2CC3C1OC(=O)C3(C#N)C2. The number of fused-ring (bicyclic) bond motifs is 1. The van der Waals surface area contributed by atoms with Gasteiger partial charge in [-0.2, -0.15) is 5.26 Å². The van der Waals surface area contributed by atoms with Crippen molar-refractivity contribution in [1.29, 1.82) is 5.26 Å². The van der Waals surface area contributed by atoms with Gasteiger partial charge in [-0.15, -0.1) is 0 Å². The van der Waals surface area contributed by atoms with E-state index in [9.17, 15) is 24.4 Å². The van der Waals surface area contributed by atoms with Crippen LogP contribution in [0.15, 0.2) is 0 Å². The number of hydrogen-bond donors (Lipinski definition) is 0. The van der Waals surface area contributed by atoms with Gasteiger partial charge in [-0.1, -0.05) is 6.92 Å². The molecule has 3 rings (SSSR count). The minimum atomic E-state index is -1.09. The molecule has 0 aromatic carbocycles. The highest BCUT2D eigenvalue weighted by molar-refractivity contribution is 5.84. The first-order valence-electron chi connectivity index (χ1n) is 10.3. The Morgan fingerprint density at radius 2 is 1.87 bits per heavy atom. The molecule has 0 N–H and O–H groups in total. The molecular formula is C21H27NO8. The van der Waals surface area contributed by atoms with Gasteiger partial charge in [0.2, 0.25) is 0 Å². The van der Waals surface area contributed by atoms with Crippen molar-refractivity contribution in [3.05, 3.63) is 0 Å². The largest absolute Gasteiger partial charge is 0.462 e. The van der Waals surface area contributed by atoms with Gasteiger partial charge in [0.15, 0.2) is 5.41 Å². The van der Waals surface area contributed by atoms with Gasteiger partial charge in [-0.05, 0) is 33.1 Å². The maximum Gasteiger partial charge on any atom is 0.327 e. The Morgan fingerprint density at radius 3 is 2.53 bits per heavy atom. The summed E-state index contributed by atoms with van der Waals surface area (Å²) < 4.78 is 20.8. The van der Waals surface area contributed by atoms with Gasteiger partial charge in [0, 0.05) is 11.8 Å². The van der Waals surface area contributed by atoms with Crippen LogP contribution in [0.5, 0.6) is 0 Å². The molecule has 3 aliphatic rings. The van der Waals surface area contributed by atoms with Gasteiger partial charge >= 0.3 is 23.9 Å². The third kappa shape index (κ3) is 3.87. The molecule has 1 saturated heterocycles. The molecule has 2 saturated carbocycles. The first-order chi connectivity index (χ1) is 14.1. The minimum absolute atomic E-state index is 0.0444.